The Morgan fingerprint density at radius 1 is 1.56 bits per heavy atom. The van der Waals surface area contributed by atoms with Gasteiger partial charge in [0.1, 0.15) is 6.04 Å². The van der Waals surface area contributed by atoms with Crippen molar-refractivity contribution in [1.29, 1.82) is 0 Å². The Bertz CT molecular complexity index is 365. The molecule has 0 aliphatic carbocycles. The number of hydrogen-bond acceptors (Lipinski definition) is 4. The number of ether oxygens (including phenoxy) is 1. The van der Waals surface area contributed by atoms with E-state index in [0.29, 0.717) is 12.2 Å². The molecule has 5 nitrogen and oxygen atoms in total. The van der Waals surface area contributed by atoms with E-state index in [2.05, 4.69) is 10.3 Å². The van der Waals surface area contributed by atoms with Crippen molar-refractivity contribution in [3.05, 3.63) is 30.1 Å². The molecule has 1 heterocycles. The zero-order chi connectivity index (χ0) is 12.0. The molecule has 1 aromatic rings. The lowest BCUT2D eigenvalue weighted by molar-refractivity contribution is -0.144. The molecule has 0 spiro atoms. The van der Waals surface area contributed by atoms with E-state index in [-0.39, 0.29) is 5.91 Å². The van der Waals surface area contributed by atoms with Crippen LogP contribution in [0.2, 0.25) is 0 Å². The minimum absolute atomic E-state index is 0.298. The van der Waals surface area contributed by atoms with E-state index >= 15 is 0 Å². The molecule has 1 amide bonds. The molecule has 0 aliphatic rings. The van der Waals surface area contributed by atoms with Gasteiger partial charge in [0.2, 0.25) is 0 Å². The first-order valence-corrected chi connectivity index (χ1v) is 5.02. The Morgan fingerprint density at radius 2 is 2.31 bits per heavy atom. The van der Waals surface area contributed by atoms with Crippen molar-refractivity contribution < 1.29 is 14.3 Å². The van der Waals surface area contributed by atoms with Crippen LogP contribution >= 0.6 is 0 Å². The second kappa shape index (κ2) is 5.85. The van der Waals surface area contributed by atoms with Gasteiger partial charge in [0.05, 0.1) is 12.2 Å². The molecule has 86 valence electrons. The fraction of sp³-hybridized carbons (Fsp3) is 0.364. The molecule has 0 saturated heterocycles. The van der Waals surface area contributed by atoms with Gasteiger partial charge in [-0.2, -0.15) is 0 Å². The number of amides is 1. The van der Waals surface area contributed by atoms with Crippen LogP contribution in [0.4, 0.5) is 0 Å². The molecule has 1 atom stereocenters. The Morgan fingerprint density at radius 3 is 2.88 bits per heavy atom. The van der Waals surface area contributed by atoms with E-state index < -0.39 is 12.0 Å². The Balaban J connectivity index is 2.55. The molecular weight excluding hydrogens is 208 g/mol. The zero-order valence-corrected chi connectivity index (χ0v) is 9.27. The third-order valence-corrected chi connectivity index (χ3v) is 1.91. The molecule has 1 N–H and O–H groups in total. The first kappa shape index (κ1) is 12.2. The van der Waals surface area contributed by atoms with E-state index in [9.17, 15) is 9.59 Å². The van der Waals surface area contributed by atoms with Gasteiger partial charge < -0.3 is 10.1 Å². The molecule has 0 fully saturated rings. The highest BCUT2D eigenvalue weighted by atomic mass is 16.5. The van der Waals surface area contributed by atoms with Crippen LogP contribution in [0, 0.1) is 0 Å². The maximum Gasteiger partial charge on any atom is 0.328 e. The highest BCUT2D eigenvalue weighted by Gasteiger charge is 2.17. The molecule has 5 heteroatoms. The minimum Gasteiger partial charge on any atom is -0.464 e. The summed E-state index contributed by atoms with van der Waals surface area (Å²) in [4.78, 5) is 26.7. The van der Waals surface area contributed by atoms with Crippen molar-refractivity contribution >= 4 is 11.9 Å². The Labute approximate surface area is 93.8 Å². The topological polar surface area (TPSA) is 68.3 Å². The second-order valence-corrected chi connectivity index (χ2v) is 3.19. The quantitative estimate of drug-likeness (QED) is 0.764. The Kier molecular flexibility index (Phi) is 4.44. The summed E-state index contributed by atoms with van der Waals surface area (Å²) >= 11 is 0. The van der Waals surface area contributed by atoms with Crippen LogP contribution in [0.1, 0.15) is 24.2 Å². The standard InChI is InChI=1S/C11H14N2O3/c1-3-16-11(15)8(2)13-10(14)9-5-4-6-12-7-9/h4-8H,3H2,1-2H3,(H,13,14)/t8-/m0/s1. The summed E-state index contributed by atoms with van der Waals surface area (Å²) in [6, 6.07) is 2.62. The summed E-state index contributed by atoms with van der Waals surface area (Å²) < 4.78 is 4.77. The van der Waals surface area contributed by atoms with Gasteiger partial charge in [0.25, 0.3) is 5.91 Å². The second-order valence-electron chi connectivity index (χ2n) is 3.19. The minimum atomic E-state index is -0.660. The lowest BCUT2D eigenvalue weighted by atomic mass is 10.2. The molecule has 0 radical (unpaired) electrons. The number of esters is 1. The number of nitrogens with zero attached hydrogens (tertiary/aromatic N) is 1. The number of hydrogen-bond donors (Lipinski definition) is 1. The first-order valence-electron chi connectivity index (χ1n) is 5.02. The van der Waals surface area contributed by atoms with Crippen molar-refractivity contribution in [2.45, 2.75) is 19.9 Å². The number of nitrogens with one attached hydrogen (secondary N) is 1. The van der Waals surface area contributed by atoms with Crippen LogP contribution in [-0.2, 0) is 9.53 Å². The molecule has 0 saturated carbocycles. The third kappa shape index (κ3) is 3.34. The van der Waals surface area contributed by atoms with Crippen LogP contribution in [-0.4, -0.2) is 29.5 Å². The summed E-state index contributed by atoms with van der Waals surface area (Å²) in [5.41, 5.74) is 0.415. The summed E-state index contributed by atoms with van der Waals surface area (Å²) in [5, 5.41) is 2.53. The van der Waals surface area contributed by atoms with Crippen LogP contribution in [0.3, 0.4) is 0 Å². The zero-order valence-electron chi connectivity index (χ0n) is 9.27. The SMILES string of the molecule is CCOC(=O)[C@H](C)NC(=O)c1cccnc1. The molecule has 0 aromatic carbocycles. The largest absolute Gasteiger partial charge is 0.464 e. The predicted octanol–water partition coefficient (Wildman–Crippen LogP) is 0.763. The molecular formula is C11H14N2O3. The van der Waals surface area contributed by atoms with E-state index in [1.165, 1.54) is 6.20 Å². The van der Waals surface area contributed by atoms with Gasteiger partial charge in [-0.1, -0.05) is 0 Å². The van der Waals surface area contributed by atoms with E-state index in [0.717, 1.165) is 0 Å². The number of carbonyl (C=O) groups excluding carboxylic acids is 2. The number of aromatic nitrogens is 1. The van der Waals surface area contributed by atoms with Gasteiger partial charge in [0.15, 0.2) is 0 Å². The van der Waals surface area contributed by atoms with E-state index in [1.807, 2.05) is 0 Å². The smallest absolute Gasteiger partial charge is 0.328 e. The highest BCUT2D eigenvalue weighted by molar-refractivity contribution is 5.96. The average Bonchev–Trinajstić information content (AvgIpc) is 2.30. The summed E-state index contributed by atoms with van der Waals surface area (Å²) in [5.74, 6) is -0.784. The lowest BCUT2D eigenvalue weighted by Crippen LogP contribution is -2.39. The van der Waals surface area contributed by atoms with Crippen LogP contribution in [0.25, 0.3) is 0 Å². The normalized spacial score (nSPS) is 11.6. The molecule has 1 aromatic heterocycles. The molecule has 16 heavy (non-hydrogen) atoms. The van der Waals surface area contributed by atoms with E-state index in [1.54, 1.807) is 32.2 Å². The van der Waals surface area contributed by atoms with Crippen molar-refractivity contribution in [2.24, 2.45) is 0 Å². The Hall–Kier alpha value is -1.91. The van der Waals surface area contributed by atoms with E-state index in [4.69, 9.17) is 4.74 Å². The van der Waals surface area contributed by atoms with Gasteiger partial charge >= 0.3 is 5.97 Å². The summed E-state index contributed by atoms with van der Waals surface area (Å²) in [6.45, 7) is 3.59. The lowest BCUT2D eigenvalue weighted by Gasteiger charge is -2.12. The van der Waals surface area contributed by atoms with Gasteiger partial charge in [-0.3, -0.25) is 9.78 Å². The number of pyridine rings is 1. The third-order valence-electron chi connectivity index (χ3n) is 1.91. The van der Waals surface area contributed by atoms with Crippen molar-refractivity contribution in [1.82, 2.24) is 10.3 Å². The molecule has 0 bridgehead atoms. The summed E-state index contributed by atoms with van der Waals surface area (Å²) in [6.07, 6.45) is 3.01. The van der Waals surface area contributed by atoms with Crippen LogP contribution in [0.5, 0.6) is 0 Å². The van der Waals surface area contributed by atoms with Gasteiger partial charge in [-0.25, -0.2) is 4.79 Å². The van der Waals surface area contributed by atoms with Gasteiger partial charge in [0, 0.05) is 12.4 Å². The van der Waals surface area contributed by atoms with Crippen LogP contribution < -0.4 is 5.32 Å². The van der Waals surface area contributed by atoms with Crippen molar-refractivity contribution in [2.75, 3.05) is 6.61 Å². The fourth-order valence-corrected chi connectivity index (χ4v) is 1.10. The maximum absolute atomic E-state index is 11.6. The monoisotopic (exact) mass is 222 g/mol. The van der Waals surface area contributed by atoms with Crippen LogP contribution in [0.15, 0.2) is 24.5 Å². The van der Waals surface area contributed by atoms with Crippen molar-refractivity contribution in [3.63, 3.8) is 0 Å². The number of rotatable bonds is 4. The highest BCUT2D eigenvalue weighted by Crippen LogP contribution is 1.97. The average molecular weight is 222 g/mol. The van der Waals surface area contributed by atoms with Crippen molar-refractivity contribution in [3.8, 4) is 0 Å². The maximum atomic E-state index is 11.6. The molecule has 0 aliphatic heterocycles. The van der Waals surface area contributed by atoms with Gasteiger partial charge in [-0.15, -0.1) is 0 Å². The van der Waals surface area contributed by atoms with Gasteiger partial charge in [-0.05, 0) is 26.0 Å². The molecule has 0 unspecified atom stereocenters. The predicted molar refractivity (Wildman–Crippen MR) is 57.8 cm³/mol. The molecule has 1 rings (SSSR count). The summed E-state index contributed by atoms with van der Waals surface area (Å²) in [7, 11) is 0. The fourth-order valence-electron chi connectivity index (χ4n) is 1.10. The number of carbonyl (C=O) groups is 2. The first-order chi connectivity index (χ1) is 7.65.